The first-order valence-corrected chi connectivity index (χ1v) is 7.44. The van der Waals surface area contributed by atoms with Crippen LogP contribution in [0.4, 0.5) is 0 Å². The maximum absolute atomic E-state index is 12.3. The van der Waals surface area contributed by atoms with Crippen molar-refractivity contribution in [3.63, 3.8) is 0 Å². The van der Waals surface area contributed by atoms with Crippen molar-refractivity contribution >= 4 is 12.0 Å². The van der Waals surface area contributed by atoms with Gasteiger partial charge in [0.25, 0.3) is 0 Å². The third-order valence-corrected chi connectivity index (χ3v) is 3.00. The Kier molecular flexibility index (Phi) is 6.81. The van der Waals surface area contributed by atoms with E-state index in [4.69, 9.17) is 10.4 Å². The van der Waals surface area contributed by atoms with E-state index in [1.54, 1.807) is 29.2 Å². The highest BCUT2D eigenvalue weighted by Crippen LogP contribution is 2.16. The van der Waals surface area contributed by atoms with Gasteiger partial charge in [-0.2, -0.15) is 5.26 Å². The minimum absolute atomic E-state index is 0.000317. The maximum atomic E-state index is 12.3. The van der Waals surface area contributed by atoms with Crippen molar-refractivity contribution in [2.45, 2.75) is 27.2 Å². The van der Waals surface area contributed by atoms with E-state index in [1.165, 1.54) is 6.08 Å². The molecular formula is C18H24N2O2. The van der Waals surface area contributed by atoms with Crippen molar-refractivity contribution < 1.29 is 9.90 Å². The van der Waals surface area contributed by atoms with Crippen LogP contribution >= 0.6 is 0 Å². The second-order valence-electron chi connectivity index (χ2n) is 6.47. The molecule has 1 aromatic carbocycles. The number of carbonyl (C=O) groups is 1. The summed E-state index contributed by atoms with van der Waals surface area (Å²) in [4.78, 5) is 14.1. The molecule has 0 aliphatic carbocycles. The van der Waals surface area contributed by atoms with E-state index in [1.807, 2.05) is 6.07 Å². The standard InChI is InChI=1S/C18H24N2O2/c1-18(2,3)14-20(10-5-11-21)17(22)9-8-15-6-4-7-16(12-15)13-19/h4,6-9,12,21H,5,10-11,14H2,1-3H3/b9-8+. The Labute approximate surface area is 132 Å². The van der Waals surface area contributed by atoms with Crippen LogP contribution in [0.15, 0.2) is 30.3 Å². The molecule has 0 heterocycles. The summed E-state index contributed by atoms with van der Waals surface area (Å²) < 4.78 is 0. The van der Waals surface area contributed by atoms with E-state index in [9.17, 15) is 4.79 Å². The molecule has 118 valence electrons. The van der Waals surface area contributed by atoms with E-state index in [0.717, 1.165) is 5.56 Å². The highest BCUT2D eigenvalue weighted by atomic mass is 16.3. The van der Waals surface area contributed by atoms with Crippen LogP contribution in [-0.4, -0.2) is 35.6 Å². The normalized spacial score (nSPS) is 11.4. The van der Waals surface area contributed by atoms with Crippen LogP contribution in [0.2, 0.25) is 0 Å². The van der Waals surface area contributed by atoms with Gasteiger partial charge in [-0.3, -0.25) is 4.79 Å². The zero-order valence-electron chi connectivity index (χ0n) is 13.5. The fourth-order valence-electron chi connectivity index (χ4n) is 2.09. The van der Waals surface area contributed by atoms with Crippen LogP contribution in [0.25, 0.3) is 6.08 Å². The number of aliphatic hydroxyl groups excluding tert-OH is 1. The number of hydrogen-bond acceptors (Lipinski definition) is 3. The molecule has 4 nitrogen and oxygen atoms in total. The monoisotopic (exact) mass is 300 g/mol. The first kappa shape index (κ1) is 17.9. The quantitative estimate of drug-likeness (QED) is 0.822. The molecule has 22 heavy (non-hydrogen) atoms. The van der Waals surface area contributed by atoms with Crippen LogP contribution < -0.4 is 0 Å². The molecule has 0 atom stereocenters. The topological polar surface area (TPSA) is 64.3 Å². The van der Waals surface area contributed by atoms with Crippen molar-refractivity contribution in [3.8, 4) is 6.07 Å². The van der Waals surface area contributed by atoms with Crippen molar-refractivity contribution in [3.05, 3.63) is 41.5 Å². The second-order valence-corrected chi connectivity index (χ2v) is 6.47. The number of hydrogen-bond donors (Lipinski definition) is 1. The zero-order chi connectivity index (χ0) is 16.6. The molecule has 0 aliphatic rings. The van der Waals surface area contributed by atoms with Gasteiger partial charge in [0.05, 0.1) is 11.6 Å². The first-order chi connectivity index (χ1) is 10.4. The van der Waals surface area contributed by atoms with Gasteiger partial charge in [-0.25, -0.2) is 0 Å². The Morgan fingerprint density at radius 3 is 2.73 bits per heavy atom. The average Bonchev–Trinajstić information content (AvgIpc) is 2.48. The lowest BCUT2D eigenvalue weighted by atomic mass is 9.96. The maximum Gasteiger partial charge on any atom is 0.246 e. The summed E-state index contributed by atoms with van der Waals surface area (Å²) in [6.45, 7) is 7.47. The summed E-state index contributed by atoms with van der Waals surface area (Å²) >= 11 is 0. The molecule has 0 saturated carbocycles. The molecule has 0 spiro atoms. The largest absolute Gasteiger partial charge is 0.396 e. The van der Waals surface area contributed by atoms with Crippen LogP contribution in [-0.2, 0) is 4.79 Å². The van der Waals surface area contributed by atoms with Gasteiger partial charge in [-0.15, -0.1) is 0 Å². The fourth-order valence-corrected chi connectivity index (χ4v) is 2.09. The fraction of sp³-hybridized carbons (Fsp3) is 0.444. The number of rotatable bonds is 6. The van der Waals surface area contributed by atoms with E-state index in [2.05, 4.69) is 26.8 Å². The highest BCUT2D eigenvalue weighted by molar-refractivity contribution is 5.91. The number of benzene rings is 1. The third kappa shape index (κ3) is 6.55. The Hall–Kier alpha value is -2.12. The van der Waals surface area contributed by atoms with E-state index < -0.39 is 0 Å². The molecule has 1 aromatic rings. The van der Waals surface area contributed by atoms with E-state index >= 15 is 0 Å². The molecule has 1 amide bonds. The molecule has 0 radical (unpaired) electrons. The minimum atomic E-state index is -0.0780. The predicted octanol–water partition coefficient (Wildman–Crippen LogP) is 2.83. The van der Waals surface area contributed by atoms with Gasteiger partial charge in [0.1, 0.15) is 0 Å². The molecule has 0 aromatic heterocycles. The van der Waals surface area contributed by atoms with Gasteiger partial charge in [-0.05, 0) is 35.6 Å². The van der Waals surface area contributed by atoms with Crippen LogP contribution in [0.3, 0.4) is 0 Å². The molecule has 0 unspecified atom stereocenters. The highest BCUT2D eigenvalue weighted by Gasteiger charge is 2.19. The molecule has 1 N–H and O–H groups in total. The molecule has 0 saturated heterocycles. The van der Waals surface area contributed by atoms with Crippen LogP contribution in [0.1, 0.15) is 38.3 Å². The second kappa shape index (κ2) is 8.35. The summed E-state index contributed by atoms with van der Waals surface area (Å²) in [6, 6.07) is 9.20. The lowest BCUT2D eigenvalue weighted by Gasteiger charge is -2.29. The number of nitriles is 1. The van der Waals surface area contributed by atoms with Gasteiger partial charge in [0.15, 0.2) is 0 Å². The lowest BCUT2D eigenvalue weighted by molar-refractivity contribution is -0.127. The molecule has 4 heteroatoms. The number of nitrogens with zero attached hydrogens (tertiary/aromatic N) is 2. The van der Waals surface area contributed by atoms with Gasteiger partial charge >= 0.3 is 0 Å². The SMILES string of the molecule is CC(C)(C)CN(CCCO)C(=O)/C=C/c1cccc(C#N)c1. The van der Waals surface area contributed by atoms with E-state index in [-0.39, 0.29) is 17.9 Å². The average molecular weight is 300 g/mol. The van der Waals surface area contributed by atoms with Gasteiger partial charge in [0.2, 0.25) is 5.91 Å². The van der Waals surface area contributed by atoms with Crippen molar-refractivity contribution in [2.24, 2.45) is 5.41 Å². The number of aliphatic hydroxyl groups is 1. The summed E-state index contributed by atoms with van der Waals surface area (Å²) in [5.74, 6) is -0.0780. The smallest absolute Gasteiger partial charge is 0.246 e. The Morgan fingerprint density at radius 2 is 2.14 bits per heavy atom. The molecule has 0 fully saturated rings. The number of carbonyl (C=O) groups excluding carboxylic acids is 1. The van der Waals surface area contributed by atoms with Gasteiger partial charge in [-0.1, -0.05) is 32.9 Å². The van der Waals surface area contributed by atoms with Crippen LogP contribution in [0.5, 0.6) is 0 Å². The van der Waals surface area contributed by atoms with Crippen LogP contribution in [0, 0.1) is 16.7 Å². The lowest BCUT2D eigenvalue weighted by Crippen LogP contribution is -2.37. The van der Waals surface area contributed by atoms with Crippen molar-refractivity contribution in [2.75, 3.05) is 19.7 Å². The van der Waals surface area contributed by atoms with Gasteiger partial charge < -0.3 is 10.0 Å². The predicted molar refractivity (Wildman–Crippen MR) is 87.9 cm³/mol. The summed E-state index contributed by atoms with van der Waals surface area (Å²) in [7, 11) is 0. The van der Waals surface area contributed by atoms with Crippen molar-refractivity contribution in [1.82, 2.24) is 4.90 Å². The molecule has 0 bridgehead atoms. The van der Waals surface area contributed by atoms with E-state index in [0.29, 0.717) is 25.1 Å². The zero-order valence-corrected chi connectivity index (χ0v) is 13.5. The third-order valence-electron chi connectivity index (χ3n) is 3.00. The molecule has 0 aliphatic heterocycles. The molecule has 1 rings (SSSR count). The first-order valence-electron chi connectivity index (χ1n) is 7.44. The summed E-state index contributed by atoms with van der Waals surface area (Å²) in [6.07, 6.45) is 3.82. The minimum Gasteiger partial charge on any atom is -0.396 e. The summed E-state index contributed by atoms with van der Waals surface area (Å²) in [5.41, 5.74) is 1.39. The Bertz CT molecular complexity index is 565. The van der Waals surface area contributed by atoms with Crippen molar-refractivity contribution in [1.29, 1.82) is 5.26 Å². The Morgan fingerprint density at radius 1 is 1.41 bits per heavy atom. The number of amides is 1. The molecular weight excluding hydrogens is 276 g/mol. The van der Waals surface area contributed by atoms with Gasteiger partial charge in [0, 0.05) is 25.8 Å². The Balaban J connectivity index is 2.80. The summed E-state index contributed by atoms with van der Waals surface area (Å²) in [5, 5.41) is 17.9.